The van der Waals surface area contributed by atoms with E-state index in [9.17, 15) is 4.79 Å². The Kier molecular flexibility index (Phi) is 4.61. The Hall–Kier alpha value is -1.77. The van der Waals surface area contributed by atoms with Gasteiger partial charge in [0.05, 0.1) is 0 Å². The molecule has 1 aromatic carbocycles. The lowest BCUT2D eigenvalue weighted by atomic mass is 9.94. The molecule has 2 rings (SSSR count). The molecule has 1 N–H and O–H groups in total. The molecule has 0 saturated carbocycles. The summed E-state index contributed by atoms with van der Waals surface area (Å²) >= 11 is 0. The van der Waals surface area contributed by atoms with Crippen LogP contribution >= 0.6 is 0 Å². The summed E-state index contributed by atoms with van der Waals surface area (Å²) in [6, 6.07) is 8.10. The average molecular weight is 259 g/mol. The Balaban J connectivity index is 1.97. The largest absolute Gasteiger partial charge is 0.478 e. The summed E-state index contributed by atoms with van der Waals surface area (Å²) in [6.07, 6.45) is 6.62. The number of carboxylic acid groups (broad SMARTS) is 1. The van der Waals surface area contributed by atoms with E-state index in [1.807, 2.05) is 12.1 Å². The molecule has 0 spiro atoms. The number of rotatable bonds is 4. The van der Waals surface area contributed by atoms with Crippen LogP contribution in [0.3, 0.4) is 0 Å². The highest BCUT2D eigenvalue weighted by atomic mass is 16.4. The molecule has 1 aliphatic heterocycles. The molecule has 1 aromatic rings. The van der Waals surface area contributed by atoms with Crippen molar-refractivity contribution in [3.63, 3.8) is 0 Å². The smallest absolute Gasteiger partial charge is 0.328 e. The van der Waals surface area contributed by atoms with Crippen molar-refractivity contribution in [2.75, 3.05) is 18.0 Å². The topological polar surface area (TPSA) is 40.5 Å². The monoisotopic (exact) mass is 259 g/mol. The van der Waals surface area contributed by atoms with Crippen LogP contribution in [0.1, 0.15) is 31.7 Å². The van der Waals surface area contributed by atoms with Gasteiger partial charge in [0.15, 0.2) is 0 Å². The maximum Gasteiger partial charge on any atom is 0.328 e. The second-order valence-corrected chi connectivity index (χ2v) is 5.10. The third kappa shape index (κ3) is 3.85. The summed E-state index contributed by atoms with van der Waals surface area (Å²) in [5.41, 5.74) is 2.16. The maximum atomic E-state index is 10.5. The first-order valence-electron chi connectivity index (χ1n) is 6.95. The fraction of sp³-hybridized carbons (Fsp3) is 0.438. The molecule has 0 amide bonds. The first-order valence-corrected chi connectivity index (χ1v) is 6.95. The number of anilines is 1. The van der Waals surface area contributed by atoms with Gasteiger partial charge in [-0.25, -0.2) is 4.79 Å². The van der Waals surface area contributed by atoms with Crippen LogP contribution in [-0.4, -0.2) is 24.2 Å². The van der Waals surface area contributed by atoms with Crippen molar-refractivity contribution in [2.24, 2.45) is 5.92 Å². The van der Waals surface area contributed by atoms with Gasteiger partial charge in [-0.1, -0.05) is 25.5 Å². The zero-order chi connectivity index (χ0) is 13.7. The van der Waals surface area contributed by atoms with Gasteiger partial charge in [0.2, 0.25) is 0 Å². The van der Waals surface area contributed by atoms with Gasteiger partial charge in [-0.3, -0.25) is 0 Å². The molecule has 0 aliphatic carbocycles. The quantitative estimate of drug-likeness (QED) is 0.842. The summed E-state index contributed by atoms with van der Waals surface area (Å²) in [5.74, 6) is -0.0280. The van der Waals surface area contributed by atoms with E-state index >= 15 is 0 Å². The van der Waals surface area contributed by atoms with Crippen LogP contribution in [0, 0.1) is 5.92 Å². The Morgan fingerprint density at radius 1 is 1.32 bits per heavy atom. The molecule has 0 aromatic heterocycles. The fourth-order valence-electron chi connectivity index (χ4n) is 2.56. The van der Waals surface area contributed by atoms with Crippen LogP contribution in [0.4, 0.5) is 5.69 Å². The first kappa shape index (κ1) is 13.7. The average Bonchev–Trinajstić information content (AvgIpc) is 2.46. The predicted molar refractivity (Wildman–Crippen MR) is 78.3 cm³/mol. The van der Waals surface area contributed by atoms with Gasteiger partial charge >= 0.3 is 5.97 Å². The highest BCUT2D eigenvalue weighted by Gasteiger charge is 2.17. The van der Waals surface area contributed by atoms with Crippen LogP contribution in [0.5, 0.6) is 0 Å². The van der Waals surface area contributed by atoms with Crippen LogP contribution in [0.2, 0.25) is 0 Å². The summed E-state index contributed by atoms with van der Waals surface area (Å²) in [7, 11) is 0. The number of aliphatic carboxylic acids is 1. The van der Waals surface area contributed by atoms with Crippen molar-refractivity contribution >= 4 is 17.7 Å². The van der Waals surface area contributed by atoms with Gasteiger partial charge in [0, 0.05) is 24.9 Å². The molecule has 102 valence electrons. The maximum absolute atomic E-state index is 10.5. The normalized spacial score (nSPS) is 17.0. The van der Waals surface area contributed by atoms with E-state index in [1.54, 1.807) is 6.08 Å². The standard InChI is InChI=1S/C16H21NO2/c1-2-13-9-11-17(12-10-13)15-6-3-14(4-7-15)5-8-16(18)19/h3-8,13H,2,9-12H2,1H3,(H,18,19)/b8-5+. The van der Waals surface area contributed by atoms with Gasteiger partial charge in [-0.2, -0.15) is 0 Å². The summed E-state index contributed by atoms with van der Waals surface area (Å²) in [6.45, 7) is 4.52. The number of carboxylic acids is 1. The molecule has 0 bridgehead atoms. The molecule has 3 nitrogen and oxygen atoms in total. The van der Waals surface area contributed by atoms with Crippen LogP contribution in [-0.2, 0) is 4.79 Å². The lowest BCUT2D eigenvalue weighted by Gasteiger charge is -2.33. The number of piperidine rings is 1. The van der Waals surface area contributed by atoms with E-state index in [0.717, 1.165) is 24.6 Å². The van der Waals surface area contributed by atoms with E-state index in [-0.39, 0.29) is 0 Å². The van der Waals surface area contributed by atoms with Crippen molar-refractivity contribution in [3.8, 4) is 0 Å². The molecule has 19 heavy (non-hydrogen) atoms. The number of hydrogen-bond acceptors (Lipinski definition) is 2. The molecule has 0 atom stereocenters. The SMILES string of the molecule is CCC1CCN(c2ccc(/C=C/C(=O)O)cc2)CC1. The number of nitrogens with zero attached hydrogens (tertiary/aromatic N) is 1. The predicted octanol–water partition coefficient (Wildman–Crippen LogP) is 3.41. The first-order chi connectivity index (χ1) is 9.19. The number of benzene rings is 1. The zero-order valence-corrected chi connectivity index (χ0v) is 11.4. The lowest BCUT2D eigenvalue weighted by Crippen LogP contribution is -2.33. The van der Waals surface area contributed by atoms with Crippen LogP contribution in [0.25, 0.3) is 6.08 Å². The third-order valence-corrected chi connectivity index (χ3v) is 3.87. The molecular formula is C16H21NO2. The van der Waals surface area contributed by atoms with Crippen LogP contribution < -0.4 is 4.90 Å². The van der Waals surface area contributed by atoms with Gasteiger partial charge in [0.1, 0.15) is 0 Å². The Labute approximate surface area is 114 Å². The molecule has 1 aliphatic rings. The molecule has 0 radical (unpaired) electrons. The van der Waals surface area contributed by atoms with Gasteiger partial charge in [-0.15, -0.1) is 0 Å². The van der Waals surface area contributed by atoms with Crippen molar-refractivity contribution in [1.29, 1.82) is 0 Å². The minimum atomic E-state index is -0.911. The Morgan fingerprint density at radius 3 is 2.47 bits per heavy atom. The Morgan fingerprint density at radius 2 is 1.95 bits per heavy atom. The molecule has 0 unspecified atom stereocenters. The summed E-state index contributed by atoms with van der Waals surface area (Å²) < 4.78 is 0. The lowest BCUT2D eigenvalue weighted by molar-refractivity contribution is -0.131. The van der Waals surface area contributed by atoms with Crippen molar-refractivity contribution in [3.05, 3.63) is 35.9 Å². The molecule has 1 saturated heterocycles. The number of carbonyl (C=O) groups is 1. The van der Waals surface area contributed by atoms with Gasteiger partial charge in [0.25, 0.3) is 0 Å². The highest BCUT2D eigenvalue weighted by molar-refractivity contribution is 5.85. The van der Waals surface area contributed by atoms with Gasteiger partial charge in [-0.05, 0) is 42.5 Å². The summed E-state index contributed by atoms with van der Waals surface area (Å²) in [5, 5.41) is 8.59. The van der Waals surface area contributed by atoms with E-state index < -0.39 is 5.97 Å². The van der Waals surface area contributed by atoms with Crippen molar-refractivity contribution in [2.45, 2.75) is 26.2 Å². The fourth-order valence-corrected chi connectivity index (χ4v) is 2.56. The molecule has 1 heterocycles. The van der Waals surface area contributed by atoms with Crippen LogP contribution in [0.15, 0.2) is 30.3 Å². The minimum absolute atomic E-state index is 0.883. The van der Waals surface area contributed by atoms with E-state index in [0.29, 0.717) is 0 Å². The highest BCUT2D eigenvalue weighted by Crippen LogP contribution is 2.25. The second kappa shape index (κ2) is 6.41. The van der Waals surface area contributed by atoms with E-state index in [1.165, 1.54) is 31.0 Å². The second-order valence-electron chi connectivity index (χ2n) is 5.10. The van der Waals surface area contributed by atoms with Crippen molar-refractivity contribution in [1.82, 2.24) is 0 Å². The van der Waals surface area contributed by atoms with E-state index in [2.05, 4.69) is 24.0 Å². The molecular weight excluding hydrogens is 238 g/mol. The molecule has 1 fully saturated rings. The zero-order valence-electron chi connectivity index (χ0n) is 11.4. The van der Waals surface area contributed by atoms with Crippen molar-refractivity contribution < 1.29 is 9.90 Å². The number of hydrogen-bond donors (Lipinski definition) is 1. The Bertz CT molecular complexity index is 442. The van der Waals surface area contributed by atoms with E-state index in [4.69, 9.17) is 5.11 Å². The van der Waals surface area contributed by atoms with Gasteiger partial charge < -0.3 is 10.0 Å². The minimum Gasteiger partial charge on any atom is -0.478 e. The third-order valence-electron chi connectivity index (χ3n) is 3.87. The summed E-state index contributed by atoms with van der Waals surface area (Å²) in [4.78, 5) is 12.9. The molecule has 3 heteroatoms.